The Kier molecular flexibility index (Phi) is 12.2. The van der Waals surface area contributed by atoms with Crippen molar-refractivity contribution in [3.63, 3.8) is 0 Å². The van der Waals surface area contributed by atoms with Crippen LogP contribution in [0.4, 0.5) is 0 Å². The first-order valence-corrected chi connectivity index (χ1v) is 11.1. The Morgan fingerprint density at radius 2 is 1.54 bits per heavy atom. The van der Waals surface area contributed by atoms with Crippen molar-refractivity contribution in [2.45, 2.75) is 63.4 Å². The van der Waals surface area contributed by atoms with Crippen LogP contribution in [0.15, 0.2) is 35.3 Å². The van der Waals surface area contributed by atoms with Crippen molar-refractivity contribution in [1.29, 1.82) is 0 Å². The molecule has 0 aliphatic rings. The van der Waals surface area contributed by atoms with Crippen molar-refractivity contribution in [3.05, 3.63) is 35.9 Å². The summed E-state index contributed by atoms with van der Waals surface area (Å²) in [5.41, 5.74) is 16.9. The van der Waals surface area contributed by atoms with Crippen LogP contribution in [0.5, 0.6) is 0 Å². The second-order valence-electron chi connectivity index (χ2n) is 8.10. The van der Waals surface area contributed by atoms with E-state index in [0.717, 1.165) is 5.56 Å². The minimum absolute atomic E-state index is 0.0719. The number of benzene rings is 1. The van der Waals surface area contributed by atoms with Crippen LogP contribution in [0.1, 0.15) is 32.3 Å². The van der Waals surface area contributed by atoms with E-state index in [0.29, 0.717) is 6.42 Å². The van der Waals surface area contributed by atoms with Crippen LogP contribution in [0, 0.1) is 0 Å². The predicted molar refractivity (Wildman–Crippen MR) is 129 cm³/mol. The minimum Gasteiger partial charge on any atom is -0.480 e. The number of aliphatic hydroxyl groups excluding tert-OH is 1. The number of nitrogens with two attached hydrogens (primary N) is 3. The summed E-state index contributed by atoms with van der Waals surface area (Å²) in [6.07, 6.45) is -0.658. The third-order valence-corrected chi connectivity index (χ3v) is 5.05. The molecule has 0 saturated carbocycles. The number of carbonyl (C=O) groups is 4. The molecule has 0 aromatic heterocycles. The fourth-order valence-corrected chi connectivity index (χ4v) is 2.98. The SMILES string of the molecule is CC(NC(=O)C(Cc1ccccc1)NC(=O)C(N)C(C)O)C(=O)NC(CCCN=C(N)N)C(=O)O. The Hall–Kier alpha value is -3.71. The summed E-state index contributed by atoms with van der Waals surface area (Å²) < 4.78 is 0. The smallest absolute Gasteiger partial charge is 0.326 e. The van der Waals surface area contributed by atoms with Gasteiger partial charge in [0.15, 0.2) is 5.96 Å². The summed E-state index contributed by atoms with van der Waals surface area (Å²) in [5, 5.41) is 26.3. The summed E-state index contributed by atoms with van der Waals surface area (Å²) in [6.45, 7) is 2.93. The molecule has 0 radical (unpaired) electrons. The fraction of sp³-hybridized carbons (Fsp3) is 0.500. The number of carboxylic acids is 1. The monoisotopic (exact) mass is 493 g/mol. The number of aliphatic hydroxyl groups is 1. The summed E-state index contributed by atoms with van der Waals surface area (Å²) >= 11 is 0. The number of carbonyl (C=O) groups excluding carboxylic acids is 3. The molecule has 1 aromatic rings. The van der Waals surface area contributed by atoms with E-state index in [4.69, 9.17) is 17.2 Å². The number of nitrogens with zero attached hydrogens (tertiary/aromatic N) is 1. The molecular formula is C22H35N7O6. The molecule has 1 aromatic carbocycles. The molecule has 11 N–H and O–H groups in total. The molecule has 0 aliphatic carbocycles. The molecule has 0 aliphatic heterocycles. The summed E-state index contributed by atoms with van der Waals surface area (Å²) in [6, 6.07) is 4.18. The number of hydrogen-bond donors (Lipinski definition) is 8. The van der Waals surface area contributed by atoms with Gasteiger partial charge in [-0.3, -0.25) is 19.4 Å². The van der Waals surface area contributed by atoms with Crippen LogP contribution >= 0.6 is 0 Å². The van der Waals surface area contributed by atoms with Gasteiger partial charge in [-0.2, -0.15) is 0 Å². The van der Waals surface area contributed by atoms with Gasteiger partial charge in [0.05, 0.1) is 6.10 Å². The van der Waals surface area contributed by atoms with Crippen molar-refractivity contribution in [3.8, 4) is 0 Å². The van der Waals surface area contributed by atoms with E-state index in [1.165, 1.54) is 13.8 Å². The first kappa shape index (κ1) is 29.3. The molecule has 13 heteroatoms. The highest BCUT2D eigenvalue weighted by Crippen LogP contribution is 2.05. The molecule has 3 amide bonds. The zero-order valence-electron chi connectivity index (χ0n) is 19.8. The summed E-state index contributed by atoms with van der Waals surface area (Å²) in [7, 11) is 0. The van der Waals surface area contributed by atoms with Crippen molar-refractivity contribution in [2.24, 2.45) is 22.2 Å². The highest BCUT2D eigenvalue weighted by atomic mass is 16.4. The first-order valence-electron chi connectivity index (χ1n) is 11.1. The van der Waals surface area contributed by atoms with Crippen molar-refractivity contribution >= 4 is 29.7 Å². The molecule has 0 spiro atoms. The van der Waals surface area contributed by atoms with Gasteiger partial charge in [-0.25, -0.2) is 4.79 Å². The number of hydrogen-bond acceptors (Lipinski definition) is 7. The lowest BCUT2D eigenvalue weighted by molar-refractivity contribution is -0.142. The molecule has 5 unspecified atom stereocenters. The average Bonchev–Trinajstić information content (AvgIpc) is 2.79. The quantitative estimate of drug-likeness (QED) is 0.0778. The Labute approximate surface area is 203 Å². The van der Waals surface area contributed by atoms with Gasteiger partial charge < -0.3 is 43.4 Å². The lowest BCUT2D eigenvalue weighted by atomic mass is 10.0. The van der Waals surface area contributed by atoms with Crippen molar-refractivity contribution in [2.75, 3.05) is 6.54 Å². The van der Waals surface area contributed by atoms with Crippen molar-refractivity contribution < 1.29 is 29.4 Å². The molecule has 13 nitrogen and oxygen atoms in total. The number of rotatable bonds is 14. The number of guanidine groups is 1. The topological polar surface area (TPSA) is 235 Å². The molecule has 0 saturated heterocycles. The van der Waals surface area contributed by atoms with Gasteiger partial charge in [-0.05, 0) is 32.3 Å². The standard InChI is InChI=1S/C22H35N7O6/c1-12(18(31)28-15(21(34)35)9-6-10-26-22(24)25)27-19(32)16(11-14-7-4-3-5-8-14)29-20(33)17(23)13(2)30/h3-5,7-8,12-13,15-17,30H,6,9-11,23H2,1-2H3,(H,27,32)(H,28,31)(H,29,33)(H,34,35)(H4,24,25,26). The second kappa shape index (κ2) is 14.5. The van der Waals surface area contributed by atoms with Crippen LogP contribution in [0.3, 0.4) is 0 Å². The van der Waals surface area contributed by atoms with E-state index in [1.54, 1.807) is 30.3 Å². The number of carboxylic acid groups (broad SMARTS) is 1. The van der Waals surface area contributed by atoms with E-state index in [1.807, 2.05) is 0 Å². The molecule has 194 valence electrons. The molecule has 0 heterocycles. The van der Waals surface area contributed by atoms with E-state index in [-0.39, 0.29) is 25.3 Å². The maximum absolute atomic E-state index is 12.9. The normalized spacial score (nSPS) is 15.0. The Morgan fingerprint density at radius 3 is 2.09 bits per heavy atom. The molecule has 1 rings (SSSR count). The van der Waals surface area contributed by atoms with Gasteiger partial charge >= 0.3 is 5.97 Å². The predicted octanol–water partition coefficient (Wildman–Crippen LogP) is -2.45. The van der Waals surface area contributed by atoms with E-state index in [9.17, 15) is 29.4 Å². The lowest BCUT2D eigenvalue weighted by Gasteiger charge is -2.24. The van der Waals surface area contributed by atoms with Crippen LogP contribution in [0.25, 0.3) is 0 Å². The Morgan fingerprint density at radius 1 is 0.943 bits per heavy atom. The van der Waals surface area contributed by atoms with Gasteiger partial charge in [0.1, 0.15) is 24.2 Å². The van der Waals surface area contributed by atoms with E-state index >= 15 is 0 Å². The van der Waals surface area contributed by atoms with Crippen molar-refractivity contribution in [1.82, 2.24) is 16.0 Å². The van der Waals surface area contributed by atoms with Crippen LogP contribution in [-0.4, -0.2) is 76.7 Å². The van der Waals surface area contributed by atoms with E-state index in [2.05, 4.69) is 20.9 Å². The van der Waals surface area contributed by atoms with Gasteiger partial charge in [0.2, 0.25) is 17.7 Å². The highest BCUT2D eigenvalue weighted by molar-refractivity contribution is 5.94. The van der Waals surface area contributed by atoms with Crippen LogP contribution < -0.4 is 33.2 Å². The maximum atomic E-state index is 12.9. The maximum Gasteiger partial charge on any atom is 0.326 e. The molecule has 0 bridgehead atoms. The van der Waals surface area contributed by atoms with Crippen LogP contribution in [0.2, 0.25) is 0 Å². The number of aliphatic carboxylic acids is 1. The third kappa shape index (κ3) is 10.8. The highest BCUT2D eigenvalue weighted by Gasteiger charge is 2.29. The average molecular weight is 494 g/mol. The van der Waals surface area contributed by atoms with Gasteiger partial charge in [-0.1, -0.05) is 30.3 Å². The first-order chi connectivity index (χ1) is 16.4. The zero-order valence-corrected chi connectivity index (χ0v) is 19.8. The number of nitrogens with one attached hydrogen (secondary N) is 3. The number of amides is 3. The second-order valence-corrected chi connectivity index (χ2v) is 8.10. The molecule has 35 heavy (non-hydrogen) atoms. The lowest BCUT2D eigenvalue weighted by Crippen LogP contribution is -2.58. The molecular weight excluding hydrogens is 458 g/mol. The third-order valence-electron chi connectivity index (χ3n) is 5.05. The largest absolute Gasteiger partial charge is 0.480 e. The fourth-order valence-electron chi connectivity index (χ4n) is 2.98. The number of aliphatic imine (C=N–C) groups is 1. The minimum atomic E-state index is -1.25. The Balaban J connectivity index is 2.83. The molecule has 5 atom stereocenters. The van der Waals surface area contributed by atoms with Crippen LogP contribution in [-0.2, 0) is 25.6 Å². The summed E-state index contributed by atoms with van der Waals surface area (Å²) in [4.78, 5) is 53.1. The van der Waals surface area contributed by atoms with E-state index < -0.39 is 54.0 Å². The zero-order chi connectivity index (χ0) is 26.5. The van der Waals surface area contributed by atoms with Gasteiger partial charge in [-0.15, -0.1) is 0 Å². The molecule has 0 fully saturated rings. The van der Waals surface area contributed by atoms with Gasteiger partial charge in [0, 0.05) is 13.0 Å². The van der Waals surface area contributed by atoms with Gasteiger partial charge in [0.25, 0.3) is 0 Å². The Bertz CT molecular complexity index is 890. The summed E-state index contributed by atoms with van der Waals surface area (Å²) in [5.74, 6) is -3.51.